The summed E-state index contributed by atoms with van der Waals surface area (Å²) in [7, 11) is -3.29. The SMILES string of the molecule is Cc1cc2nc(OCc3ccc(S(C)(=O)=O)cc3)ccc2c(-c2ccc3c4c(ccnc24)CCO3)c1[C@H](OC(C)(C)C)C(=O)O. The van der Waals surface area contributed by atoms with Crippen LogP contribution in [-0.4, -0.2) is 47.9 Å². The van der Waals surface area contributed by atoms with Crippen molar-refractivity contribution in [2.24, 2.45) is 0 Å². The van der Waals surface area contributed by atoms with Crippen LogP contribution in [0.4, 0.5) is 0 Å². The van der Waals surface area contributed by atoms with Crippen molar-refractivity contribution in [3.05, 3.63) is 89.1 Å². The summed E-state index contributed by atoms with van der Waals surface area (Å²) in [6, 6.07) is 17.8. The van der Waals surface area contributed by atoms with Gasteiger partial charge in [0.05, 0.1) is 28.1 Å². The zero-order chi connectivity index (χ0) is 32.1. The fourth-order valence-electron chi connectivity index (χ4n) is 5.79. The summed E-state index contributed by atoms with van der Waals surface area (Å²) in [6.07, 6.45) is 2.45. The fourth-order valence-corrected chi connectivity index (χ4v) is 6.42. The van der Waals surface area contributed by atoms with E-state index in [9.17, 15) is 18.3 Å². The predicted molar refractivity (Wildman–Crippen MR) is 172 cm³/mol. The molecule has 0 spiro atoms. The number of carboxylic acids is 1. The van der Waals surface area contributed by atoms with Gasteiger partial charge in [0.25, 0.3) is 0 Å². The third kappa shape index (κ3) is 6.08. The van der Waals surface area contributed by atoms with E-state index < -0.39 is 27.5 Å². The zero-order valence-electron chi connectivity index (χ0n) is 25.7. The van der Waals surface area contributed by atoms with Gasteiger partial charge in [-0.05, 0) is 92.4 Å². The Hall–Kier alpha value is -4.54. The number of aryl methyl sites for hydroxylation is 1. The lowest BCUT2D eigenvalue weighted by atomic mass is 9.86. The van der Waals surface area contributed by atoms with Crippen LogP contribution in [0.2, 0.25) is 0 Å². The smallest absolute Gasteiger partial charge is 0.337 e. The number of fused-ring (bicyclic) bond motifs is 1. The highest BCUT2D eigenvalue weighted by Gasteiger charge is 2.33. The number of carbonyl (C=O) groups is 1. The molecule has 0 bridgehead atoms. The monoisotopic (exact) mass is 626 g/mol. The molecule has 2 aromatic heterocycles. The molecular weight excluding hydrogens is 592 g/mol. The Morgan fingerprint density at radius 2 is 1.82 bits per heavy atom. The van der Waals surface area contributed by atoms with Crippen LogP contribution in [0.1, 0.15) is 49.1 Å². The van der Waals surface area contributed by atoms with E-state index in [0.717, 1.165) is 45.1 Å². The second-order valence-electron chi connectivity index (χ2n) is 12.3. The van der Waals surface area contributed by atoms with E-state index in [1.165, 1.54) is 6.26 Å². The second-order valence-corrected chi connectivity index (χ2v) is 14.3. The van der Waals surface area contributed by atoms with Crippen LogP contribution in [-0.2, 0) is 32.4 Å². The van der Waals surface area contributed by atoms with E-state index in [2.05, 4.69) is 0 Å². The first-order chi connectivity index (χ1) is 21.3. The van der Waals surface area contributed by atoms with Crippen molar-refractivity contribution in [2.75, 3.05) is 12.9 Å². The number of benzene rings is 3. The van der Waals surface area contributed by atoms with Crippen LogP contribution in [0.3, 0.4) is 0 Å². The van der Waals surface area contributed by atoms with Crippen molar-refractivity contribution in [3.8, 4) is 22.8 Å². The number of pyridine rings is 2. The van der Waals surface area contributed by atoms with Crippen LogP contribution in [0.25, 0.3) is 32.9 Å². The Kier molecular flexibility index (Phi) is 7.74. The molecule has 6 rings (SSSR count). The molecule has 45 heavy (non-hydrogen) atoms. The Morgan fingerprint density at radius 3 is 2.51 bits per heavy atom. The molecule has 1 atom stereocenters. The number of aromatic nitrogens is 2. The topological polar surface area (TPSA) is 125 Å². The summed E-state index contributed by atoms with van der Waals surface area (Å²) in [5.74, 6) is 0.0279. The molecule has 0 amide bonds. The van der Waals surface area contributed by atoms with Crippen molar-refractivity contribution in [1.82, 2.24) is 9.97 Å². The van der Waals surface area contributed by atoms with Gasteiger partial charge in [-0.15, -0.1) is 0 Å². The molecule has 1 aliphatic heterocycles. The van der Waals surface area contributed by atoms with Gasteiger partial charge in [-0.3, -0.25) is 4.98 Å². The molecule has 0 fully saturated rings. The number of nitrogens with zero attached hydrogens (tertiary/aromatic N) is 2. The van der Waals surface area contributed by atoms with Gasteiger partial charge in [-0.1, -0.05) is 12.1 Å². The predicted octanol–water partition coefficient (Wildman–Crippen LogP) is 6.62. The molecule has 232 valence electrons. The minimum Gasteiger partial charge on any atom is -0.493 e. The van der Waals surface area contributed by atoms with Gasteiger partial charge < -0.3 is 19.3 Å². The molecule has 0 saturated carbocycles. The number of ether oxygens (including phenoxy) is 3. The van der Waals surface area contributed by atoms with E-state index in [1.807, 2.05) is 58.0 Å². The lowest BCUT2D eigenvalue weighted by molar-refractivity contribution is -0.160. The molecule has 5 aromatic rings. The number of hydrogen-bond acceptors (Lipinski definition) is 8. The molecule has 9 nitrogen and oxygen atoms in total. The molecule has 1 N–H and O–H groups in total. The van der Waals surface area contributed by atoms with E-state index in [-0.39, 0.29) is 11.5 Å². The molecule has 3 aromatic carbocycles. The molecule has 1 aliphatic rings. The lowest BCUT2D eigenvalue weighted by Crippen LogP contribution is -2.28. The maximum atomic E-state index is 12.8. The Labute approximate surface area is 261 Å². The van der Waals surface area contributed by atoms with Crippen molar-refractivity contribution < 1.29 is 32.5 Å². The minimum atomic E-state index is -3.29. The summed E-state index contributed by atoms with van der Waals surface area (Å²) >= 11 is 0. The van der Waals surface area contributed by atoms with Crippen LogP contribution < -0.4 is 9.47 Å². The molecule has 0 unspecified atom stereocenters. The summed E-state index contributed by atoms with van der Waals surface area (Å²) < 4.78 is 41.8. The summed E-state index contributed by atoms with van der Waals surface area (Å²) in [4.78, 5) is 22.6. The molecule has 0 radical (unpaired) electrons. The first kappa shape index (κ1) is 30.5. The second kappa shape index (κ2) is 11.4. The van der Waals surface area contributed by atoms with E-state index in [0.29, 0.717) is 34.7 Å². The van der Waals surface area contributed by atoms with Crippen LogP contribution in [0.15, 0.2) is 71.8 Å². The number of carboxylic acid groups (broad SMARTS) is 1. The molecule has 0 saturated heterocycles. The third-order valence-electron chi connectivity index (χ3n) is 7.75. The summed E-state index contributed by atoms with van der Waals surface area (Å²) in [5, 5.41) is 12.1. The molecule has 0 aliphatic carbocycles. The highest BCUT2D eigenvalue weighted by Crippen LogP contribution is 2.45. The first-order valence-electron chi connectivity index (χ1n) is 14.6. The molecule has 3 heterocycles. The Bertz CT molecular complexity index is 2060. The number of rotatable bonds is 8. The fraction of sp³-hybridized carbons (Fsp3) is 0.286. The Balaban J connectivity index is 1.51. The number of hydrogen-bond donors (Lipinski definition) is 1. The Morgan fingerprint density at radius 1 is 1.07 bits per heavy atom. The summed E-state index contributed by atoms with van der Waals surface area (Å²) in [5.41, 5.74) is 5.19. The van der Waals surface area contributed by atoms with Gasteiger partial charge in [0.2, 0.25) is 5.88 Å². The van der Waals surface area contributed by atoms with Gasteiger partial charge >= 0.3 is 5.97 Å². The zero-order valence-corrected chi connectivity index (χ0v) is 26.6. The highest BCUT2D eigenvalue weighted by atomic mass is 32.2. The van der Waals surface area contributed by atoms with Crippen LogP contribution in [0, 0.1) is 6.92 Å². The van der Waals surface area contributed by atoms with E-state index in [1.54, 1.807) is 36.5 Å². The van der Waals surface area contributed by atoms with Crippen molar-refractivity contribution >= 4 is 37.6 Å². The maximum Gasteiger partial charge on any atom is 0.337 e. The molecular formula is C35H34N2O7S. The van der Waals surface area contributed by atoms with Crippen molar-refractivity contribution in [3.63, 3.8) is 0 Å². The van der Waals surface area contributed by atoms with Gasteiger partial charge in [-0.2, -0.15) is 0 Å². The van der Waals surface area contributed by atoms with Gasteiger partial charge in [0.15, 0.2) is 15.9 Å². The van der Waals surface area contributed by atoms with E-state index >= 15 is 0 Å². The average Bonchev–Trinajstić information content (AvgIpc) is 2.98. The first-order valence-corrected chi connectivity index (χ1v) is 16.5. The van der Waals surface area contributed by atoms with Crippen molar-refractivity contribution in [1.29, 1.82) is 0 Å². The summed E-state index contributed by atoms with van der Waals surface area (Å²) in [6.45, 7) is 8.13. The van der Waals surface area contributed by atoms with Crippen molar-refractivity contribution in [2.45, 2.75) is 57.3 Å². The van der Waals surface area contributed by atoms with Gasteiger partial charge in [-0.25, -0.2) is 18.2 Å². The average molecular weight is 627 g/mol. The quantitative estimate of drug-likeness (QED) is 0.202. The third-order valence-corrected chi connectivity index (χ3v) is 8.88. The van der Waals surface area contributed by atoms with Gasteiger partial charge in [0, 0.05) is 46.8 Å². The minimum absolute atomic E-state index is 0.186. The standard InChI is InChI=1S/C35H34N2O7S/c1-20-18-26-24(11-13-28(37-26)43-19-21-6-8-23(9-7-21)45(5,40)41)31(29(20)33(34(38)39)44-35(2,3)4)25-10-12-27-30-22(15-17-42-27)14-16-36-32(25)30/h6-14,16,18,33H,15,17,19H2,1-5H3,(H,38,39)/t33-/m0/s1. The van der Waals surface area contributed by atoms with Crippen LogP contribution in [0.5, 0.6) is 11.6 Å². The lowest BCUT2D eigenvalue weighted by Gasteiger charge is -2.29. The number of sulfone groups is 1. The highest BCUT2D eigenvalue weighted by molar-refractivity contribution is 7.90. The normalized spacial score (nSPS) is 13.9. The largest absolute Gasteiger partial charge is 0.493 e. The van der Waals surface area contributed by atoms with Gasteiger partial charge in [0.1, 0.15) is 12.4 Å². The maximum absolute atomic E-state index is 12.8. The number of aliphatic carboxylic acids is 1. The van der Waals surface area contributed by atoms with Crippen LogP contribution >= 0.6 is 0 Å². The van der Waals surface area contributed by atoms with E-state index in [4.69, 9.17) is 24.2 Å². The molecule has 10 heteroatoms.